The molecule has 2 fully saturated rings. The van der Waals surface area contributed by atoms with Gasteiger partial charge in [-0.15, -0.1) is 0 Å². The Hall–Kier alpha value is -1.88. The van der Waals surface area contributed by atoms with Crippen LogP contribution in [0.25, 0.3) is 0 Å². The van der Waals surface area contributed by atoms with Crippen LogP contribution in [0.3, 0.4) is 0 Å². The SMILES string of the molecule is CCC1(CC(=O)OC(=O)Oc2cccc(C3CCCCC3CN(C)C)c2)CCCCC1. The number of ether oxygens (including phenoxy) is 2. The predicted molar refractivity (Wildman–Crippen MR) is 122 cm³/mol. The molecule has 0 saturated heterocycles. The van der Waals surface area contributed by atoms with E-state index in [-0.39, 0.29) is 5.41 Å². The molecule has 31 heavy (non-hydrogen) atoms. The molecule has 0 N–H and O–H groups in total. The summed E-state index contributed by atoms with van der Waals surface area (Å²) in [7, 11) is 4.24. The second kappa shape index (κ2) is 11.1. The van der Waals surface area contributed by atoms with Gasteiger partial charge in [0.15, 0.2) is 0 Å². The molecule has 0 spiro atoms. The van der Waals surface area contributed by atoms with Gasteiger partial charge in [-0.1, -0.05) is 51.2 Å². The van der Waals surface area contributed by atoms with Crippen molar-refractivity contribution < 1.29 is 19.1 Å². The van der Waals surface area contributed by atoms with Crippen LogP contribution in [-0.4, -0.2) is 37.7 Å². The Labute approximate surface area is 187 Å². The standard InChI is InChI=1S/C26H39NO4/c1-4-26(15-8-5-9-16-26)18-24(28)31-25(29)30-22-13-10-12-20(17-22)23-14-7-6-11-21(23)19-27(2)3/h10,12-13,17,21,23H,4-9,11,14-16,18-19H2,1-3H3. The molecule has 2 aliphatic carbocycles. The molecule has 1 aromatic carbocycles. The van der Waals surface area contributed by atoms with Crippen molar-refractivity contribution in [1.82, 2.24) is 4.90 Å². The van der Waals surface area contributed by atoms with E-state index in [4.69, 9.17) is 9.47 Å². The van der Waals surface area contributed by atoms with Gasteiger partial charge in [-0.3, -0.25) is 4.79 Å². The summed E-state index contributed by atoms with van der Waals surface area (Å²) >= 11 is 0. The summed E-state index contributed by atoms with van der Waals surface area (Å²) in [6.07, 6.45) is 10.8. The highest BCUT2D eigenvalue weighted by atomic mass is 16.7. The minimum atomic E-state index is -0.919. The lowest BCUT2D eigenvalue weighted by Crippen LogP contribution is -2.29. The van der Waals surface area contributed by atoms with Crippen molar-refractivity contribution in [3.05, 3.63) is 29.8 Å². The fourth-order valence-corrected chi connectivity index (χ4v) is 5.65. The van der Waals surface area contributed by atoms with Gasteiger partial charge in [0.25, 0.3) is 0 Å². The van der Waals surface area contributed by atoms with E-state index < -0.39 is 12.1 Å². The Morgan fingerprint density at radius 1 is 1.06 bits per heavy atom. The Morgan fingerprint density at radius 3 is 2.52 bits per heavy atom. The zero-order valence-corrected chi connectivity index (χ0v) is 19.5. The summed E-state index contributed by atoms with van der Waals surface area (Å²) in [5, 5.41) is 0. The Bertz CT molecular complexity index is 739. The second-order valence-corrected chi connectivity index (χ2v) is 9.90. The van der Waals surface area contributed by atoms with Gasteiger partial charge < -0.3 is 14.4 Å². The van der Waals surface area contributed by atoms with Gasteiger partial charge in [-0.05, 0) is 81.1 Å². The average molecular weight is 430 g/mol. The smallest absolute Gasteiger partial charge is 0.395 e. The van der Waals surface area contributed by atoms with Crippen molar-refractivity contribution in [2.45, 2.75) is 83.5 Å². The molecule has 2 saturated carbocycles. The van der Waals surface area contributed by atoms with Gasteiger partial charge in [0.05, 0.1) is 6.42 Å². The molecule has 0 amide bonds. The van der Waals surface area contributed by atoms with Crippen LogP contribution >= 0.6 is 0 Å². The van der Waals surface area contributed by atoms with Crippen LogP contribution < -0.4 is 4.74 Å². The van der Waals surface area contributed by atoms with Crippen molar-refractivity contribution in [2.24, 2.45) is 11.3 Å². The number of hydrogen-bond acceptors (Lipinski definition) is 5. The summed E-state index contributed by atoms with van der Waals surface area (Å²) in [6, 6.07) is 7.75. The van der Waals surface area contributed by atoms with Crippen LogP contribution in [0.5, 0.6) is 5.75 Å². The number of esters is 1. The number of nitrogens with zero attached hydrogens (tertiary/aromatic N) is 1. The fourth-order valence-electron chi connectivity index (χ4n) is 5.65. The highest BCUT2D eigenvalue weighted by Crippen LogP contribution is 2.42. The third-order valence-electron chi connectivity index (χ3n) is 7.38. The minimum absolute atomic E-state index is 0.0159. The number of carbonyl (C=O) groups excluding carboxylic acids is 2. The number of rotatable bonds is 7. The molecule has 2 atom stereocenters. The maximum atomic E-state index is 12.4. The molecule has 172 valence electrons. The predicted octanol–water partition coefficient (Wildman–Crippen LogP) is 6.31. The van der Waals surface area contributed by atoms with Gasteiger partial charge in [0.2, 0.25) is 0 Å². The first-order chi connectivity index (χ1) is 14.9. The molecule has 0 aliphatic heterocycles. The van der Waals surface area contributed by atoms with E-state index in [1.54, 1.807) is 6.07 Å². The fraction of sp³-hybridized carbons (Fsp3) is 0.692. The van der Waals surface area contributed by atoms with Crippen molar-refractivity contribution in [2.75, 3.05) is 20.6 Å². The molecule has 0 aromatic heterocycles. The first kappa shape index (κ1) is 23.8. The monoisotopic (exact) mass is 429 g/mol. The normalized spacial score (nSPS) is 23.4. The zero-order valence-electron chi connectivity index (χ0n) is 19.5. The molecule has 0 bridgehead atoms. The molecule has 3 rings (SSSR count). The molecule has 1 aromatic rings. The molecule has 5 nitrogen and oxygen atoms in total. The zero-order chi connectivity index (χ0) is 22.3. The lowest BCUT2D eigenvalue weighted by Gasteiger charge is -2.35. The van der Waals surface area contributed by atoms with E-state index in [1.165, 1.54) is 31.2 Å². The van der Waals surface area contributed by atoms with Gasteiger partial charge in [-0.25, -0.2) is 4.79 Å². The van der Waals surface area contributed by atoms with Gasteiger partial charge >= 0.3 is 12.1 Å². The van der Waals surface area contributed by atoms with Crippen LogP contribution in [0.2, 0.25) is 0 Å². The molecule has 5 heteroatoms. The third kappa shape index (κ3) is 6.80. The number of benzene rings is 1. The van der Waals surface area contributed by atoms with Crippen LogP contribution in [0.1, 0.15) is 89.0 Å². The van der Waals surface area contributed by atoms with E-state index >= 15 is 0 Å². The summed E-state index contributed by atoms with van der Waals surface area (Å²) in [6.45, 7) is 3.18. The summed E-state index contributed by atoms with van der Waals surface area (Å²) in [5.74, 6) is 1.05. The van der Waals surface area contributed by atoms with Crippen LogP contribution in [0.15, 0.2) is 24.3 Å². The van der Waals surface area contributed by atoms with Crippen molar-refractivity contribution in [3.63, 3.8) is 0 Å². The van der Waals surface area contributed by atoms with Crippen LogP contribution in [0, 0.1) is 11.3 Å². The van der Waals surface area contributed by atoms with Gasteiger partial charge in [0, 0.05) is 6.54 Å². The number of hydrogen-bond donors (Lipinski definition) is 0. The van der Waals surface area contributed by atoms with Crippen molar-refractivity contribution in [3.8, 4) is 5.75 Å². The summed E-state index contributed by atoms with van der Waals surface area (Å²) in [5.41, 5.74) is 1.19. The first-order valence-electron chi connectivity index (χ1n) is 12.1. The Morgan fingerprint density at radius 2 is 1.81 bits per heavy atom. The van der Waals surface area contributed by atoms with Crippen molar-refractivity contribution >= 4 is 12.1 Å². The highest BCUT2D eigenvalue weighted by Gasteiger charge is 2.34. The maximum Gasteiger partial charge on any atom is 0.521 e. The molecule has 2 unspecified atom stereocenters. The lowest BCUT2D eigenvalue weighted by molar-refractivity contribution is -0.142. The lowest BCUT2D eigenvalue weighted by atomic mass is 9.70. The van der Waals surface area contributed by atoms with Crippen LogP contribution in [-0.2, 0) is 9.53 Å². The molecule has 2 aliphatic rings. The third-order valence-corrected chi connectivity index (χ3v) is 7.38. The molecular formula is C26H39NO4. The molecule has 0 heterocycles. The highest BCUT2D eigenvalue weighted by molar-refractivity contribution is 5.83. The summed E-state index contributed by atoms with van der Waals surface area (Å²) < 4.78 is 10.4. The average Bonchev–Trinajstić information content (AvgIpc) is 2.74. The number of carbonyl (C=O) groups is 2. The second-order valence-electron chi connectivity index (χ2n) is 9.90. The Kier molecular flexibility index (Phi) is 8.53. The molecular weight excluding hydrogens is 390 g/mol. The maximum absolute atomic E-state index is 12.4. The van der Waals surface area contributed by atoms with E-state index in [2.05, 4.69) is 32.0 Å². The topological polar surface area (TPSA) is 55.8 Å². The van der Waals surface area contributed by atoms with Gasteiger partial charge in [0.1, 0.15) is 5.75 Å². The van der Waals surface area contributed by atoms with E-state index in [0.717, 1.165) is 45.1 Å². The van der Waals surface area contributed by atoms with Gasteiger partial charge in [-0.2, -0.15) is 0 Å². The first-order valence-corrected chi connectivity index (χ1v) is 12.1. The van der Waals surface area contributed by atoms with Crippen molar-refractivity contribution in [1.29, 1.82) is 0 Å². The summed E-state index contributed by atoms with van der Waals surface area (Å²) in [4.78, 5) is 26.9. The van der Waals surface area contributed by atoms with Crippen LogP contribution in [0.4, 0.5) is 4.79 Å². The Balaban J connectivity index is 1.58. The van der Waals surface area contributed by atoms with E-state index in [1.807, 2.05) is 12.1 Å². The largest absolute Gasteiger partial charge is 0.521 e. The van der Waals surface area contributed by atoms with E-state index in [0.29, 0.717) is 24.0 Å². The molecule has 0 radical (unpaired) electrons. The van der Waals surface area contributed by atoms with E-state index in [9.17, 15) is 9.59 Å². The quantitative estimate of drug-likeness (QED) is 0.289. The minimum Gasteiger partial charge on any atom is -0.395 e.